The molecule has 0 radical (unpaired) electrons. The molecular weight excluding hydrogens is 422 g/mol. The number of methoxy groups -OCH3 is 3. The van der Waals surface area contributed by atoms with Crippen molar-refractivity contribution in [1.29, 1.82) is 0 Å². The molecule has 0 saturated heterocycles. The molecule has 0 spiro atoms. The topological polar surface area (TPSA) is 103 Å². The number of aromatic nitrogens is 2. The SMILES string of the molecule is COc1cc(C(=O)Nc2c(C)cccc2-c2nc3ccccc3[nH]c2=O)cc(OC)c1OC. The molecule has 0 fully saturated rings. The summed E-state index contributed by atoms with van der Waals surface area (Å²) >= 11 is 0. The van der Waals surface area contributed by atoms with E-state index in [1.54, 1.807) is 24.3 Å². The van der Waals surface area contributed by atoms with Gasteiger partial charge in [-0.15, -0.1) is 0 Å². The van der Waals surface area contributed by atoms with Crippen molar-refractivity contribution in [2.75, 3.05) is 26.6 Å². The predicted octanol–water partition coefficient (Wildman–Crippen LogP) is 4.18. The van der Waals surface area contributed by atoms with Gasteiger partial charge in [0.1, 0.15) is 5.69 Å². The highest BCUT2D eigenvalue weighted by Crippen LogP contribution is 2.38. The fourth-order valence-corrected chi connectivity index (χ4v) is 3.64. The van der Waals surface area contributed by atoms with E-state index < -0.39 is 5.91 Å². The minimum atomic E-state index is -0.401. The first-order chi connectivity index (χ1) is 16.0. The Balaban J connectivity index is 1.79. The Hall–Kier alpha value is -4.33. The number of rotatable bonds is 6. The number of hydrogen-bond donors (Lipinski definition) is 2. The standard InChI is InChI=1S/C25H23N3O5/c1-14-8-7-9-16(22-25(30)27-18-11-6-5-10-17(18)26-22)21(14)28-24(29)15-12-19(31-2)23(33-4)20(13-15)32-3/h5-13H,1-4H3,(H,27,30)(H,28,29). The molecule has 2 N–H and O–H groups in total. The lowest BCUT2D eigenvalue weighted by molar-refractivity contribution is 0.102. The van der Waals surface area contributed by atoms with E-state index in [1.807, 2.05) is 37.3 Å². The Kier molecular flexibility index (Phi) is 5.99. The lowest BCUT2D eigenvalue weighted by Crippen LogP contribution is -2.17. The van der Waals surface area contributed by atoms with Crippen molar-refractivity contribution < 1.29 is 19.0 Å². The van der Waals surface area contributed by atoms with E-state index in [9.17, 15) is 9.59 Å². The van der Waals surface area contributed by atoms with Crippen molar-refractivity contribution in [2.45, 2.75) is 6.92 Å². The Morgan fingerprint density at radius 2 is 1.64 bits per heavy atom. The maximum atomic E-state index is 13.2. The van der Waals surface area contributed by atoms with E-state index in [2.05, 4.69) is 15.3 Å². The van der Waals surface area contributed by atoms with Crippen LogP contribution in [0.25, 0.3) is 22.3 Å². The number of carbonyl (C=O) groups is 1. The number of amides is 1. The van der Waals surface area contributed by atoms with E-state index in [1.165, 1.54) is 21.3 Å². The number of aromatic amines is 1. The van der Waals surface area contributed by atoms with Gasteiger partial charge in [0.25, 0.3) is 11.5 Å². The number of nitrogens with zero attached hydrogens (tertiary/aromatic N) is 1. The number of nitrogens with one attached hydrogen (secondary N) is 2. The summed E-state index contributed by atoms with van der Waals surface area (Å²) in [4.78, 5) is 33.4. The summed E-state index contributed by atoms with van der Waals surface area (Å²) in [5, 5.41) is 2.93. The molecule has 33 heavy (non-hydrogen) atoms. The Bertz CT molecular complexity index is 1390. The number of carbonyl (C=O) groups excluding carboxylic acids is 1. The second kappa shape index (κ2) is 9.04. The van der Waals surface area contributed by atoms with E-state index >= 15 is 0 Å². The lowest BCUT2D eigenvalue weighted by atomic mass is 10.0. The van der Waals surface area contributed by atoms with Gasteiger partial charge in [-0.1, -0.05) is 30.3 Å². The van der Waals surface area contributed by atoms with Crippen molar-refractivity contribution in [3.63, 3.8) is 0 Å². The molecule has 4 aromatic rings. The molecule has 168 valence electrons. The van der Waals surface area contributed by atoms with Gasteiger partial charge in [-0.25, -0.2) is 4.98 Å². The van der Waals surface area contributed by atoms with Gasteiger partial charge >= 0.3 is 0 Å². The minimum absolute atomic E-state index is 0.220. The number of H-pyrrole nitrogens is 1. The van der Waals surface area contributed by atoms with Crippen molar-refractivity contribution in [3.05, 3.63) is 76.1 Å². The predicted molar refractivity (Wildman–Crippen MR) is 127 cm³/mol. The summed E-state index contributed by atoms with van der Waals surface area (Å²) in [6, 6.07) is 15.8. The van der Waals surface area contributed by atoms with Gasteiger partial charge in [0.2, 0.25) is 5.75 Å². The highest BCUT2D eigenvalue weighted by molar-refractivity contribution is 6.07. The smallest absolute Gasteiger partial charge is 0.275 e. The third kappa shape index (κ3) is 4.10. The fourth-order valence-electron chi connectivity index (χ4n) is 3.64. The summed E-state index contributed by atoms with van der Waals surface area (Å²) in [7, 11) is 4.46. The van der Waals surface area contributed by atoms with Crippen LogP contribution in [0.4, 0.5) is 5.69 Å². The molecule has 1 aromatic heterocycles. The molecule has 0 aliphatic carbocycles. The normalized spacial score (nSPS) is 10.7. The summed E-state index contributed by atoms with van der Waals surface area (Å²) in [6.07, 6.45) is 0. The Labute approximate surface area is 190 Å². The number of anilines is 1. The van der Waals surface area contributed by atoms with Crippen LogP contribution >= 0.6 is 0 Å². The summed E-state index contributed by atoms with van der Waals surface area (Å²) in [5.74, 6) is 0.710. The van der Waals surface area contributed by atoms with E-state index in [-0.39, 0.29) is 11.3 Å². The molecule has 4 rings (SSSR count). The summed E-state index contributed by atoms with van der Waals surface area (Å²) in [6.45, 7) is 1.85. The first-order valence-corrected chi connectivity index (χ1v) is 10.2. The van der Waals surface area contributed by atoms with Crippen molar-refractivity contribution in [3.8, 4) is 28.5 Å². The van der Waals surface area contributed by atoms with Crippen LogP contribution in [0, 0.1) is 6.92 Å². The first-order valence-electron chi connectivity index (χ1n) is 10.2. The van der Waals surface area contributed by atoms with Crippen molar-refractivity contribution >= 4 is 22.6 Å². The largest absolute Gasteiger partial charge is 0.493 e. The number of benzene rings is 3. The van der Waals surface area contributed by atoms with Crippen LogP contribution in [0.5, 0.6) is 17.2 Å². The molecule has 0 aliphatic heterocycles. The van der Waals surface area contributed by atoms with E-state index in [0.29, 0.717) is 45.1 Å². The summed E-state index contributed by atoms with van der Waals surface area (Å²) < 4.78 is 16.0. The van der Waals surface area contributed by atoms with Crippen LogP contribution < -0.4 is 25.1 Å². The number of ether oxygens (including phenoxy) is 3. The van der Waals surface area contributed by atoms with Crippen molar-refractivity contribution in [2.24, 2.45) is 0 Å². The summed E-state index contributed by atoms with van der Waals surface area (Å²) in [5.41, 5.74) is 3.26. The molecule has 1 amide bonds. The van der Waals surface area contributed by atoms with Crippen LogP contribution in [0.1, 0.15) is 15.9 Å². The zero-order valence-corrected chi connectivity index (χ0v) is 18.7. The lowest BCUT2D eigenvalue weighted by Gasteiger charge is -2.16. The molecule has 0 bridgehead atoms. The van der Waals surface area contributed by atoms with Gasteiger partial charge in [-0.05, 0) is 36.8 Å². The molecular formula is C25H23N3O5. The monoisotopic (exact) mass is 445 g/mol. The molecule has 3 aromatic carbocycles. The molecule has 0 aliphatic rings. The van der Waals surface area contributed by atoms with E-state index in [4.69, 9.17) is 14.2 Å². The van der Waals surface area contributed by atoms with Gasteiger partial charge in [-0.2, -0.15) is 0 Å². The van der Waals surface area contributed by atoms with Gasteiger partial charge in [0, 0.05) is 11.1 Å². The average molecular weight is 445 g/mol. The van der Waals surface area contributed by atoms with Gasteiger partial charge in [0.15, 0.2) is 11.5 Å². The molecule has 0 saturated carbocycles. The zero-order chi connectivity index (χ0) is 23.5. The van der Waals surface area contributed by atoms with Crippen molar-refractivity contribution in [1.82, 2.24) is 9.97 Å². The van der Waals surface area contributed by atoms with Gasteiger partial charge in [-0.3, -0.25) is 9.59 Å². The number of aryl methyl sites for hydroxylation is 1. The maximum absolute atomic E-state index is 13.2. The molecule has 1 heterocycles. The molecule has 0 unspecified atom stereocenters. The Morgan fingerprint density at radius 3 is 2.30 bits per heavy atom. The van der Waals surface area contributed by atoms with Gasteiger partial charge in [0.05, 0.1) is 38.1 Å². The van der Waals surface area contributed by atoms with Crippen LogP contribution in [-0.2, 0) is 0 Å². The molecule has 0 atom stereocenters. The third-order valence-electron chi connectivity index (χ3n) is 5.29. The van der Waals surface area contributed by atoms with Gasteiger partial charge < -0.3 is 24.5 Å². The highest BCUT2D eigenvalue weighted by Gasteiger charge is 2.20. The second-order valence-electron chi connectivity index (χ2n) is 7.30. The van der Waals surface area contributed by atoms with Crippen LogP contribution in [0.15, 0.2) is 59.4 Å². The van der Waals surface area contributed by atoms with Crippen LogP contribution in [0.3, 0.4) is 0 Å². The quantitative estimate of drug-likeness (QED) is 0.462. The van der Waals surface area contributed by atoms with Crippen LogP contribution in [-0.4, -0.2) is 37.2 Å². The van der Waals surface area contributed by atoms with Crippen LogP contribution in [0.2, 0.25) is 0 Å². The Morgan fingerprint density at radius 1 is 0.939 bits per heavy atom. The third-order valence-corrected chi connectivity index (χ3v) is 5.29. The molecule has 8 heteroatoms. The number of hydrogen-bond acceptors (Lipinski definition) is 6. The average Bonchev–Trinajstić information content (AvgIpc) is 2.83. The fraction of sp³-hybridized carbons (Fsp3) is 0.160. The zero-order valence-electron chi connectivity index (χ0n) is 18.7. The van der Waals surface area contributed by atoms with E-state index in [0.717, 1.165) is 5.56 Å². The minimum Gasteiger partial charge on any atom is -0.493 e. The highest BCUT2D eigenvalue weighted by atomic mass is 16.5. The molecule has 8 nitrogen and oxygen atoms in total. The first kappa shape index (κ1) is 21.9. The number of para-hydroxylation sites is 3. The number of fused-ring (bicyclic) bond motifs is 1. The second-order valence-corrected chi connectivity index (χ2v) is 7.30. The maximum Gasteiger partial charge on any atom is 0.275 e.